The van der Waals surface area contributed by atoms with Crippen LogP contribution >= 0.6 is 0 Å². The molecule has 7 heteroatoms. The zero-order valence-electron chi connectivity index (χ0n) is 19.0. The maximum atomic E-state index is 13.3. The molecule has 4 heterocycles. The van der Waals surface area contributed by atoms with E-state index in [0.29, 0.717) is 35.5 Å². The minimum absolute atomic E-state index is 0.0249. The number of hydrogen-bond acceptors (Lipinski definition) is 5. The van der Waals surface area contributed by atoms with E-state index in [1.807, 2.05) is 60.5 Å². The normalized spacial score (nSPS) is 18.0. The molecule has 0 aliphatic carbocycles. The topological polar surface area (TPSA) is 75.4 Å². The van der Waals surface area contributed by atoms with Gasteiger partial charge in [0.1, 0.15) is 0 Å². The van der Waals surface area contributed by atoms with Crippen molar-refractivity contribution < 1.29 is 4.79 Å². The maximum Gasteiger partial charge on any atom is 0.254 e. The van der Waals surface area contributed by atoms with E-state index in [4.69, 9.17) is 4.98 Å². The lowest BCUT2D eigenvalue weighted by molar-refractivity contribution is 0.0750. The first-order valence-electron chi connectivity index (χ1n) is 11.5. The molecule has 0 bridgehead atoms. The van der Waals surface area contributed by atoms with Crippen molar-refractivity contribution in [2.75, 3.05) is 13.1 Å². The zero-order chi connectivity index (χ0) is 22.8. The molecule has 7 nitrogen and oxygen atoms in total. The molecule has 1 fully saturated rings. The molecule has 0 saturated carbocycles. The first-order chi connectivity index (χ1) is 16.1. The molecule has 2 unspecified atom stereocenters. The Morgan fingerprint density at radius 1 is 1.15 bits per heavy atom. The van der Waals surface area contributed by atoms with Gasteiger partial charge < -0.3 is 10.2 Å². The van der Waals surface area contributed by atoms with E-state index >= 15 is 0 Å². The van der Waals surface area contributed by atoms with Crippen molar-refractivity contribution in [3.8, 4) is 22.5 Å². The van der Waals surface area contributed by atoms with Crippen LogP contribution in [-0.4, -0.2) is 55.6 Å². The summed E-state index contributed by atoms with van der Waals surface area (Å²) >= 11 is 0. The van der Waals surface area contributed by atoms with Crippen LogP contribution in [0.4, 0.5) is 0 Å². The summed E-state index contributed by atoms with van der Waals surface area (Å²) in [5.74, 6) is 0.0249. The summed E-state index contributed by atoms with van der Waals surface area (Å²) in [6.07, 6.45) is 7.61. The van der Waals surface area contributed by atoms with E-state index < -0.39 is 0 Å². The van der Waals surface area contributed by atoms with Crippen molar-refractivity contribution >= 4 is 11.6 Å². The fourth-order valence-corrected chi connectivity index (χ4v) is 4.50. The number of likely N-dealkylation sites (N-methyl/N-ethyl adjacent to an activating group) is 1. The van der Waals surface area contributed by atoms with Crippen molar-refractivity contribution in [3.05, 3.63) is 72.7 Å². The Hall–Kier alpha value is -3.58. The van der Waals surface area contributed by atoms with Crippen molar-refractivity contribution in [1.29, 1.82) is 0 Å². The number of benzene rings is 1. The van der Waals surface area contributed by atoms with Gasteiger partial charge in [0.25, 0.3) is 5.91 Å². The summed E-state index contributed by atoms with van der Waals surface area (Å²) < 4.78 is 1.74. The summed E-state index contributed by atoms with van der Waals surface area (Å²) in [5, 5.41) is 8.01. The molecule has 1 saturated heterocycles. The Balaban J connectivity index is 1.44. The largest absolute Gasteiger partial charge is 0.337 e. The second-order valence-corrected chi connectivity index (χ2v) is 8.62. The Morgan fingerprint density at radius 3 is 2.76 bits per heavy atom. The van der Waals surface area contributed by atoms with Crippen LogP contribution in [0.5, 0.6) is 0 Å². The lowest BCUT2D eigenvalue weighted by atomic mass is 10.1. The molecule has 1 aromatic carbocycles. The summed E-state index contributed by atoms with van der Waals surface area (Å²) in [5.41, 5.74) is 4.75. The first kappa shape index (κ1) is 21.3. The van der Waals surface area contributed by atoms with Crippen LogP contribution in [0.15, 0.2) is 67.1 Å². The van der Waals surface area contributed by atoms with Gasteiger partial charge in [0.05, 0.1) is 23.1 Å². The van der Waals surface area contributed by atoms with Crippen LogP contribution in [0, 0.1) is 0 Å². The number of carbonyl (C=O) groups excluding carboxylic acids is 1. The first-order valence-corrected chi connectivity index (χ1v) is 11.5. The summed E-state index contributed by atoms with van der Waals surface area (Å²) in [6, 6.07) is 16.5. The summed E-state index contributed by atoms with van der Waals surface area (Å²) in [4.78, 5) is 24.6. The average Bonchev–Trinajstić information content (AvgIpc) is 3.48. The van der Waals surface area contributed by atoms with Crippen LogP contribution in [0.1, 0.15) is 37.0 Å². The fraction of sp³-hybridized carbons (Fsp3) is 0.308. The third-order valence-corrected chi connectivity index (χ3v) is 6.30. The molecule has 1 N–H and O–H groups in total. The Morgan fingerprint density at radius 2 is 2.00 bits per heavy atom. The minimum atomic E-state index is 0.0249. The highest BCUT2D eigenvalue weighted by atomic mass is 16.2. The Labute approximate surface area is 193 Å². The van der Waals surface area contributed by atoms with Gasteiger partial charge in [-0.15, -0.1) is 0 Å². The van der Waals surface area contributed by atoms with Crippen molar-refractivity contribution in [1.82, 2.24) is 29.8 Å². The quantitative estimate of drug-likeness (QED) is 0.489. The predicted molar refractivity (Wildman–Crippen MR) is 129 cm³/mol. The van der Waals surface area contributed by atoms with Gasteiger partial charge in [-0.3, -0.25) is 9.78 Å². The summed E-state index contributed by atoms with van der Waals surface area (Å²) in [6.45, 7) is 5.61. The van der Waals surface area contributed by atoms with Gasteiger partial charge in [0.2, 0.25) is 0 Å². The average molecular weight is 441 g/mol. The monoisotopic (exact) mass is 440 g/mol. The molecule has 1 aliphatic rings. The van der Waals surface area contributed by atoms with Crippen LogP contribution in [0.2, 0.25) is 0 Å². The second kappa shape index (κ2) is 9.11. The predicted octanol–water partition coefficient (Wildman–Crippen LogP) is 4.06. The third kappa shape index (κ3) is 4.36. The van der Waals surface area contributed by atoms with Crippen LogP contribution in [0.25, 0.3) is 28.2 Å². The molecule has 1 amide bonds. The molecule has 33 heavy (non-hydrogen) atoms. The smallest absolute Gasteiger partial charge is 0.254 e. The Kier molecular flexibility index (Phi) is 5.88. The molecule has 1 aliphatic heterocycles. The van der Waals surface area contributed by atoms with E-state index in [2.05, 4.69) is 22.3 Å². The van der Waals surface area contributed by atoms with Gasteiger partial charge in [-0.05, 0) is 44.9 Å². The van der Waals surface area contributed by atoms with Gasteiger partial charge in [-0.1, -0.05) is 30.3 Å². The lowest BCUT2D eigenvalue weighted by Gasteiger charge is -2.25. The van der Waals surface area contributed by atoms with Crippen molar-refractivity contribution in [2.45, 2.75) is 38.8 Å². The maximum absolute atomic E-state index is 13.3. The number of pyridine rings is 1. The number of hydrogen-bond donors (Lipinski definition) is 1. The molecule has 168 valence electrons. The van der Waals surface area contributed by atoms with Crippen LogP contribution in [0.3, 0.4) is 0 Å². The van der Waals surface area contributed by atoms with Gasteiger partial charge in [-0.2, -0.15) is 5.10 Å². The van der Waals surface area contributed by atoms with Crippen molar-refractivity contribution in [2.24, 2.45) is 0 Å². The number of aromatic nitrogens is 4. The number of nitrogens with one attached hydrogen (secondary N) is 1. The van der Waals surface area contributed by atoms with E-state index in [1.165, 1.54) is 0 Å². The SMILES string of the molecule is CCN(CC1CCC(C)N1)C(=O)c1ccnc(-c2cnn3ccc(-c4ccccc4)nc23)c1. The lowest BCUT2D eigenvalue weighted by Crippen LogP contribution is -2.42. The molecule has 4 aromatic rings. The van der Waals surface area contributed by atoms with E-state index in [-0.39, 0.29) is 5.91 Å². The van der Waals surface area contributed by atoms with Crippen molar-refractivity contribution in [3.63, 3.8) is 0 Å². The molecule has 2 atom stereocenters. The highest BCUT2D eigenvalue weighted by Gasteiger charge is 2.25. The number of amides is 1. The van der Waals surface area contributed by atoms with Gasteiger partial charge in [0.15, 0.2) is 5.65 Å². The molecule has 0 spiro atoms. The molecular weight excluding hydrogens is 412 g/mol. The van der Waals surface area contributed by atoms with Gasteiger partial charge >= 0.3 is 0 Å². The number of carbonyl (C=O) groups is 1. The Bertz CT molecular complexity index is 1270. The van der Waals surface area contributed by atoms with Gasteiger partial charge in [-0.25, -0.2) is 9.50 Å². The third-order valence-electron chi connectivity index (χ3n) is 6.30. The van der Waals surface area contributed by atoms with E-state index in [0.717, 1.165) is 36.2 Å². The fourth-order valence-electron chi connectivity index (χ4n) is 4.50. The standard InChI is InChI=1S/C26H28N6O/c1-3-31(17-21-10-9-18(2)29-21)26(33)20-11-13-27-24(15-20)22-16-28-32-14-12-23(30-25(22)32)19-7-5-4-6-8-19/h4-8,11-16,18,21,29H,3,9-10,17H2,1-2H3. The minimum Gasteiger partial charge on any atom is -0.337 e. The van der Waals surface area contributed by atoms with E-state index in [9.17, 15) is 4.79 Å². The van der Waals surface area contributed by atoms with Crippen LogP contribution < -0.4 is 5.32 Å². The highest BCUT2D eigenvalue weighted by molar-refractivity contribution is 5.95. The molecule has 5 rings (SSSR count). The molecule has 0 radical (unpaired) electrons. The van der Waals surface area contributed by atoms with Crippen LogP contribution in [-0.2, 0) is 0 Å². The highest BCUT2D eigenvalue weighted by Crippen LogP contribution is 2.25. The summed E-state index contributed by atoms with van der Waals surface area (Å²) in [7, 11) is 0. The number of nitrogens with zero attached hydrogens (tertiary/aromatic N) is 5. The van der Waals surface area contributed by atoms with Gasteiger partial charge in [0, 0.05) is 48.7 Å². The zero-order valence-corrected chi connectivity index (χ0v) is 19.0. The second-order valence-electron chi connectivity index (χ2n) is 8.62. The number of rotatable bonds is 6. The number of fused-ring (bicyclic) bond motifs is 1. The van der Waals surface area contributed by atoms with E-state index in [1.54, 1.807) is 23.0 Å². The molecular formula is C26H28N6O. The molecule has 3 aromatic heterocycles.